The van der Waals surface area contributed by atoms with Crippen LogP contribution in [0, 0.1) is 11.8 Å². The first-order valence-electron chi connectivity index (χ1n) is 11.0. The fourth-order valence-electron chi connectivity index (χ4n) is 5.02. The fourth-order valence-corrected chi connectivity index (χ4v) is 5.02. The van der Waals surface area contributed by atoms with Gasteiger partial charge in [-0.15, -0.1) is 0 Å². The minimum atomic E-state index is 0.499. The van der Waals surface area contributed by atoms with Gasteiger partial charge in [-0.25, -0.2) is 0 Å². The third-order valence-corrected chi connectivity index (χ3v) is 6.98. The molecule has 0 N–H and O–H groups in total. The third kappa shape index (κ3) is 5.65. The van der Waals surface area contributed by atoms with Crippen molar-refractivity contribution in [2.45, 2.75) is 81.8 Å². The summed E-state index contributed by atoms with van der Waals surface area (Å²) in [4.78, 5) is 2.69. The second kappa shape index (κ2) is 8.04. The van der Waals surface area contributed by atoms with Crippen LogP contribution in [0.15, 0.2) is 0 Å². The summed E-state index contributed by atoms with van der Waals surface area (Å²) in [6.07, 6.45) is 13.0. The second-order valence-corrected chi connectivity index (χ2v) is 9.36. The van der Waals surface area contributed by atoms with E-state index >= 15 is 0 Å². The van der Waals surface area contributed by atoms with Crippen molar-refractivity contribution < 1.29 is 18.9 Å². The lowest BCUT2D eigenvalue weighted by atomic mass is 9.78. The van der Waals surface area contributed by atoms with Gasteiger partial charge in [0.15, 0.2) is 0 Å². The smallest absolute Gasteiger partial charge is 0.0936 e. The lowest BCUT2D eigenvalue weighted by Gasteiger charge is -2.37. The van der Waals surface area contributed by atoms with E-state index in [0.29, 0.717) is 24.4 Å². The van der Waals surface area contributed by atoms with Crippen LogP contribution >= 0.6 is 0 Å². The average molecular weight is 366 g/mol. The van der Waals surface area contributed by atoms with E-state index in [1.165, 1.54) is 51.4 Å². The van der Waals surface area contributed by atoms with Gasteiger partial charge in [-0.1, -0.05) is 0 Å². The highest BCUT2D eigenvalue weighted by Crippen LogP contribution is 2.37. The zero-order valence-corrected chi connectivity index (χ0v) is 16.0. The summed E-state index contributed by atoms with van der Waals surface area (Å²) >= 11 is 0. The maximum Gasteiger partial charge on any atom is 0.0936 e. The molecular weight excluding hydrogens is 330 g/mol. The standard InChI is InChI=1S/C21H35NO4/c1-4-17(22(9-20-13-25-20)10-21-14-26-21)5-2-15(1)7-16(8-19-12-24-19)3-6-18-11-23-18/h15-21H,1-14H2. The van der Waals surface area contributed by atoms with Crippen LogP contribution in [0.4, 0.5) is 0 Å². The quantitative estimate of drug-likeness (QED) is 0.498. The van der Waals surface area contributed by atoms with Gasteiger partial charge in [0, 0.05) is 19.1 Å². The molecular formula is C21H35NO4. The molecule has 1 aliphatic carbocycles. The Morgan fingerprint density at radius 3 is 1.81 bits per heavy atom. The summed E-state index contributed by atoms with van der Waals surface area (Å²) in [5.41, 5.74) is 0. The van der Waals surface area contributed by atoms with Crippen molar-refractivity contribution in [2.24, 2.45) is 11.8 Å². The molecule has 5 unspecified atom stereocenters. The summed E-state index contributed by atoms with van der Waals surface area (Å²) in [7, 11) is 0. The number of nitrogens with zero attached hydrogens (tertiary/aromatic N) is 1. The van der Waals surface area contributed by atoms with E-state index in [1.54, 1.807) is 0 Å². The Morgan fingerprint density at radius 1 is 0.692 bits per heavy atom. The lowest BCUT2D eigenvalue weighted by Crippen LogP contribution is -2.42. The summed E-state index contributed by atoms with van der Waals surface area (Å²) in [5, 5.41) is 0. The molecule has 4 aliphatic heterocycles. The molecule has 0 aromatic heterocycles. The predicted molar refractivity (Wildman–Crippen MR) is 98.2 cm³/mol. The summed E-state index contributed by atoms with van der Waals surface area (Å²) in [6.45, 7) is 6.18. The van der Waals surface area contributed by atoms with Gasteiger partial charge in [-0.2, -0.15) is 0 Å². The number of rotatable bonds is 12. The highest BCUT2D eigenvalue weighted by Gasteiger charge is 2.36. The molecule has 0 aromatic rings. The Bertz CT molecular complexity index is 437. The molecule has 5 aliphatic rings. The van der Waals surface area contributed by atoms with E-state index in [9.17, 15) is 0 Å². The fraction of sp³-hybridized carbons (Fsp3) is 1.00. The van der Waals surface area contributed by atoms with Gasteiger partial charge in [0.1, 0.15) is 0 Å². The van der Waals surface area contributed by atoms with E-state index in [-0.39, 0.29) is 0 Å². The van der Waals surface area contributed by atoms with E-state index in [1.807, 2.05) is 0 Å². The minimum absolute atomic E-state index is 0.499. The van der Waals surface area contributed by atoms with Crippen molar-refractivity contribution in [3.05, 3.63) is 0 Å². The minimum Gasteiger partial charge on any atom is -0.373 e. The molecule has 0 aromatic carbocycles. The van der Waals surface area contributed by atoms with Crippen LogP contribution in [0.3, 0.4) is 0 Å². The van der Waals surface area contributed by atoms with E-state index in [0.717, 1.165) is 57.4 Å². The molecule has 5 atom stereocenters. The monoisotopic (exact) mass is 365 g/mol. The molecule has 0 radical (unpaired) electrons. The summed E-state index contributed by atoms with van der Waals surface area (Å²) in [5.74, 6) is 1.77. The molecule has 4 heterocycles. The molecule has 0 spiro atoms. The van der Waals surface area contributed by atoms with Crippen molar-refractivity contribution in [3.8, 4) is 0 Å². The van der Waals surface area contributed by atoms with Crippen molar-refractivity contribution in [3.63, 3.8) is 0 Å². The Balaban J connectivity index is 1.07. The zero-order chi connectivity index (χ0) is 17.3. The molecule has 1 saturated carbocycles. The van der Waals surface area contributed by atoms with Gasteiger partial charge in [-0.3, -0.25) is 4.90 Å². The Morgan fingerprint density at radius 2 is 1.27 bits per heavy atom. The van der Waals surface area contributed by atoms with E-state index < -0.39 is 0 Å². The number of ether oxygens (including phenoxy) is 4. The van der Waals surface area contributed by atoms with Crippen LogP contribution in [0.5, 0.6) is 0 Å². The highest BCUT2D eigenvalue weighted by atomic mass is 16.6. The molecule has 0 amide bonds. The second-order valence-electron chi connectivity index (χ2n) is 9.36. The van der Waals surface area contributed by atoms with E-state index in [4.69, 9.17) is 18.9 Å². The first kappa shape index (κ1) is 17.9. The largest absolute Gasteiger partial charge is 0.373 e. The molecule has 148 valence electrons. The van der Waals surface area contributed by atoms with Crippen molar-refractivity contribution in [1.82, 2.24) is 4.90 Å². The molecule has 5 heteroatoms. The molecule has 0 bridgehead atoms. The van der Waals surface area contributed by atoms with Crippen molar-refractivity contribution >= 4 is 0 Å². The topological polar surface area (TPSA) is 53.4 Å². The van der Waals surface area contributed by atoms with Crippen LogP contribution in [-0.2, 0) is 18.9 Å². The van der Waals surface area contributed by atoms with Crippen LogP contribution in [0.2, 0.25) is 0 Å². The predicted octanol–water partition coefficient (Wildman–Crippen LogP) is 2.62. The maximum absolute atomic E-state index is 5.52. The zero-order valence-electron chi connectivity index (χ0n) is 16.0. The molecule has 5 nitrogen and oxygen atoms in total. The van der Waals surface area contributed by atoms with Gasteiger partial charge in [0.05, 0.1) is 50.8 Å². The molecule has 5 rings (SSSR count). The molecule has 26 heavy (non-hydrogen) atoms. The first-order valence-corrected chi connectivity index (χ1v) is 11.0. The number of hydrogen-bond donors (Lipinski definition) is 0. The molecule has 5 fully saturated rings. The first-order chi connectivity index (χ1) is 12.8. The average Bonchev–Trinajstić information content (AvgIpc) is 3.43. The van der Waals surface area contributed by atoms with Gasteiger partial charge < -0.3 is 18.9 Å². The van der Waals surface area contributed by atoms with Crippen LogP contribution in [0.25, 0.3) is 0 Å². The maximum atomic E-state index is 5.52. The Kier molecular flexibility index (Phi) is 5.53. The van der Waals surface area contributed by atoms with Gasteiger partial charge in [0.2, 0.25) is 0 Å². The third-order valence-electron chi connectivity index (χ3n) is 6.98. The number of hydrogen-bond acceptors (Lipinski definition) is 5. The Hall–Kier alpha value is -0.200. The van der Waals surface area contributed by atoms with Crippen LogP contribution in [0.1, 0.15) is 51.4 Å². The normalized spacial score (nSPS) is 41.9. The lowest BCUT2D eigenvalue weighted by molar-refractivity contribution is 0.109. The SMILES string of the molecule is C1CC(N(CC2CO2)CC2CO2)CCC1CC(CCC1CO1)CC1CO1. The van der Waals surface area contributed by atoms with Gasteiger partial charge >= 0.3 is 0 Å². The van der Waals surface area contributed by atoms with Gasteiger partial charge in [0.25, 0.3) is 0 Å². The summed E-state index contributed by atoms with van der Waals surface area (Å²) < 4.78 is 21.9. The van der Waals surface area contributed by atoms with Crippen LogP contribution in [-0.4, -0.2) is 74.9 Å². The summed E-state index contributed by atoms with van der Waals surface area (Å²) in [6, 6.07) is 0.754. The van der Waals surface area contributed by atoms with Crippen LogP contribution < -0.4 is 0 Å². The van der Waals surface area contributed by atoms with Crippen molar-refractivity contribution in [2.75, 3.05) is 39.5 Å². The Labute approximate surface area is 157 Å². The number of epoxide rings is 4. The highest BCUT2D eigenvalue weighted by molar-refractivity contribution is 4.88. The van der Waals surface area contributed by atoms with Crippen molar-refractivity contribution in [1.29, 1.82) is 0 Å². The van der Waals surface area contributed by atoms with Gasteiger partial charge in [-0.05, 0) is 63.2 Å². The van der Waals surface area contributed by atoms with E-state index in [2.05, 4.69) is 4.90 Å². The molecule has 4 saturated heterocycles.